The van der Waals surface area contributed by atoms with Gasteiger partial charge in [0.25, 0.3) is 5.69 Å². The van der Waals surface area contributed by atoms with Gasteiger partial charge in [-0.3, -0.25) is 15.5 Å². The van der Waals surface area contributed by atoms with Gasteiger partial charge in [-0.2, -0.15) is 5.10 Å². The average Bonchev–Trinajstić information content (AvgIpc) is 2.56. The number of rotatable bonds is 4. The number of fused-ring (bicyclic) bond motifs is 3. The van der Waals surface area contributed by atoms with E-state index in [9.17, 15) is 10.1 Å². The second-order valence-corrected chi connectivity index (χ2v) is 6.31. The number of piperidine rings is 3. The highest BCUT2D eigenvalue weighted by atomic mass is 32.1. The highest BCUT2D eigenvalue weighted by Gasteiger charge is 2.34. The molecule has 2 bridgehead atoms. The largest absolute Gasteiger partial charge is 0.357 e. The minimum Gasteiger partial charge on any atom is -0.357 e. The Morgan fingerprint density at radius 2 is 2.13 bits per heavy atom. The molecule has 2 N–H and O–H groups in total. The predicted molar refractivity (Wildman–Crippen MR) is 92.5 cm³/mol. The topological polar surface area (TPSA) is 82.8 Å². The molecular weight excluding hydrogens is 314 g/mol. The number of nitro benzene ring substituents is 1. The zero-order valence-electron chi connectivity index (χ0n) is 12.6. The highest BCUT2D eigenvalue weighted by Crippen LogP contribution is 2.27. The van der Waals surface area contributed by atoms with Crippen molar-refractivity contribution in [1.29, 1.82) is 0 Å². The molecule has 4 rings (SSSR count). The molecule has 1 aromatic rings. The monoisotopic (exact) mass is 333 g/mol. The summed E-state index contributed by atoms with van der Waals surface area (Å²) in [4.78, 5) is 13.0. The normalized spacial score (nSPS) is 26.2. The third-order valence-electron chi connectivity index (χ3n) is 4.48. The lowest BCUT2D eigenvalue weighted by Gasteiger charge is -2.45. The van der Waals surface area contributed by atoms with Gasteiger partial charge in [0.15, 0.2) is 5.11 Å². The Bertz CT molecular complexity index is 628. The number of thiocarbonyl (C=S) groups is 1. The number of hydrogen-bond acceptors (Lipinski definition) is 5. The minimum absolute atomic E-state index is 0.0225. The standard InChI is InChI=1S/C15H19N5O2S/c21-20(22)14-4-2-1-3-12(14)9-16-18-15(23)17-13-10-19-7-5-11(13)6-8-19/h1-4,9,11,13H,5-8,10H2,(H2,17,18,23). The number of benzene rings is 1. The van der Waals surface area contributed by atoms with Crippen molar-refractivity contribution in [3.05, 3.63) is 39.9 Å². The van der Waals surface area contributed by atoms with Gasteiger partial charge in [-0.05, 0) is 50.1 Å². The molecule has 3 heterocycles. The first-order chi connectivity index (χ1) is 11.1. The van der Waals surface area contributed by atoms with E-state index in [-0.39, 0.29) is 5.69 Å². The Labute approximate surface area is 139 Å². The van der Waals surface area contributed by atoms with Crippen LogP contribution in [0.2, 0.25) is 0 Å². The van der Waals surface area contributed by atoms with Gasteiger partial charge < -0.3 is 10.2 Å². The van der Waals surface area contributed by atoms with Crippen LogP contribution in [0.15, 0.2) is 29.4 Å². The third-order valence-corrected chi connectivity index (χ3v) is 4.68. The number of nitrogens with zero attached hydrogens (tertiary/aromatic N) is 3. The van der Waals surface area contributed by atoms with E-state index in [4.69, 9.17) is 12.2 Å². The number of para-hydroxylation sites is 1. The molecule has 0 spiro atoms. The van der Waals surface area contributed by atoms with Crippen molar-refractivity contribution >= 4 is 29.2 Å². The Balaban J connectivity index is 1.54. The van der Waals surface area contributed by atoms with Crippen LogP contribution >= 0.6 is 12.2 Å². The fraction of sp³-hybridized carbons (Fsp3) is 0.467. The van der Waals surface area contributed by atoms with Crippen molar-refractivity contribution in [3.8, 4) is 0 Å². The Morgan fingerprint density at radius 3 is 2.78 bits per heavy atom. The maximum absolute atomic E-state index is 10.9. The zero-order valence-corrected chi connectivity index (χ0v) is 13.5. The molecule has 3 saturated heterocycles. The van der Waals surface area contributed by atoms with E-state index < -0.39 is 4.92 Å². The molecule has 3 fully saturated rings. The third kappa shape index (κ3) is 3.83. The summed E-state index contributed by atoms with van der Waals surface area (Å²) in [6, 6.07) is 6.82. The van der Waals surface area contributed by atoms with E-state index in [0.717, 1.165) is 6.54 Å². The molecule has 7 nitrogen and oxygen atoms in total. The van der Waals surface area contributed by atoms with Crippen LogP contribution in [0.1, 0.15) is 18.4 Å². The summed E-state index contributed by atoms with van der Waals surface area (Å²) in [5.74, 6) is 0.666. The maximum Gasteiger partial charge on any atom is 0.278 e. The van der Waals surface area contributed by atoms with Gasteiger partial charge in [-0.1, -0.05) is 12.1 Å². The lowest BCUT2D eigenvalue weighted by atomic mass is 9.84. The predicted octanol–water partition coefficient (Wildman–Crippen LogP) is 1.49. The van der Waals surface area contributed by atoms with Crippen LogP contribution in [0.3, 0.4) is 0 Å². The lowest BCUT2D eigenvalue weighted by molar-refractivity contribution is -0.385. The molecule has 1 unspecified atom stereocenters. The first-order valence-corrected chi connectivity index (χ1v) is 8.09. The summed E-state index contributed by atoms with van der Waals surface area (Å²) in [7, 11) is 0. The summed E-state index contributed by atoms with van der Waals surface area (Å²) in [5, 5.41) is 18.7. The molecule has 1 aromatic carbocycles. The molecule has 8 heteroatoms. The second kappa shape index (κ2) is 7.01. The van der Waals surface area contributed by atoms with Gasteiger partial charge in [0.2, 0.25) is 0 Å². The van der Waals surface area contributed by atoms with Crippen molar-refractivity contribution in [2.75, 3.05) is 19.6 Å². The van der Waals surface area contributed by atoms with Crippen LogP contribution < -0.4 is 10.7 Å². The van der Waals surface area contributed by atoms with E-state index in [1.807, 2.05) is 0 Å². The summed E-state index contributed by atoms with van der Waals surface area (Å²) in [6.07, 6.45) is 3.84. The first-order valence-electron chi connectivity index (χ1n) is 7.69. The molecular formula is C15H19N5O2S. The van der Waals surface area contributed by atoms with Crippen molar-refractivity contribution in [2.45, 2.75) is 18.9 Å². The number of hydrazone groups is 1. The van der Waals surface area contributed by atoms with E-state index in [1.165, 1.54) is 38.2 Å². The quantitative estimate of drug-likeness (QED) is 0.376. The van der Waals surface area contributed by atoms with E-state index in [1.54, 1.807) is 18.2 Å². The molecule has 0 aromatic heterocycles. The fourth-order valence-electron chi connectivity index (χ4n) is 3.25. The van der Waals surface area contributed by atoms with Crippen LogP contribution in [0.25, 0.3) is 0 Å². The molecule has 23 heavy (non-hydrogen) atoms. The SMILES string of the molecule is O=[N+]([O-])c1ccccc1C=NNC(=S)NC1CN2CCC1CC2. The van der Waals surface area contributed by atoms with Gasteiger partial charge in [-0.25, -0.2) is 0 Å². The van der Waals surface area contributed by atoms with E-state index in [2.05, 4.69) is 20.7 Å². The Morgan fingerprint density at radius 1 is 1.39 bits per heavy atom. The first kappa shape index (κ1) is 15.8. The van der Waals surface area contributed by atoms with Crippen LogP contribution in [-0.2, 0) is 0 Å². The molecule has 3 aliphatic rings. The van der Waals surface area contributed by atoms with Gasteiger partial charge in [-0.15, -0.1) is 0 Å². The second-order valence-electron chi connectivity index (χ2n) is 5.90. The lowest BCUT2D eigenvalue weighted by Crippen LogP contribution is -2.58. The van der Waals surface area contributed by atoms with Crippen LogP contribution in [-0.4, -0.2) is 46.8 Å². The van der Waals surface area contributed by atoms with Gasteiger partial charge in [0, 0.05) is 18.7 Å². The number of nitro groups is 1. The molecule has 122 valence electrons. The van der Waals surface area contributed by atoms with Crippen molar-refractivity contribution in [2.24, 2.45) is 11.0 Å². The van der Waals surface area contributed by atoms with Crippen molar-refractivity contribution in [1.82, 2.24) is 15.6 Å². The molecule has 0 amide bonds. The van der Waals surface area contributed by atoms with Crippen LogP contribution in [0.5, 0.6) is 0 Å². The number of hydrogen-bond donors (Lipinski definition) is 2. The highest BCUT2D eigenvalue weighted by molar-refractivity contribution is 7.80. The zero-order chi connectivity index (χ0) is 16.2. The van der Waals surface area contributed by atoms with Crippen molar-refractivity contribution in [3.63, 3.8) is 0 Å². The van der Waals surface area contributed by atoms with Crippen LogP contribution in [0, 0.1) is 16.0 Å². The number of nitrogens with one attached hydrogen (secondary N) is 2. The summed E-state index contributed by atoms with van der Waals surface area (Å²) in [5.41, 5.74) is 3.22. The molecule has 0 radical (unpaired) electrons. The fourth-order valence-corrected chi connectivity index (χ4v) is 3.46. The summed E-state index contributed by atoms with van der Waals surface area (Å²) < 4.78 is 0. The van der Waals surface area contributed by atoms with Crippen LogP contribution in [0.4, 0.5) is 5.69 Å². The minimum atomic E-state index is -0.425. The summed E-state index contributed by atoms with van der Waals surface area (Å²) in [6.45, 7) is 3.37. The average molecular weight is 333 g/mol. The van der Waals surface area contributed by atoms with E-state index >= 15 is 0 Å². The Kier molecular flexibility index (Phi) is 4.82. The molecule has 0 saturated carbocycles. The smallest absolute Gasteiger partial charge is 0.278 e. The molecule has 3 aliphatic heterocycles. The summed E-state index contributed by atoms with van der Waals surface area (Å²) >= 11 is 5.26. The van der Waals surface area contributed by atoms with Crippen molar-refractivity contribution < 1.29 is 4.92 Å². The van der Waals surface area contributed by atoms with Gasteiger partial charge in [0.1, 0.15) is 0 Å². The van der Waals surface area contributed by atoms with Gasteiger partial charge in [0.05, 0.1) is 16.7 Å². The van der Waals surface area contributed by atoms with E-state index in [0.29, 0.717) is 22.6 Å². The molecule has 1 atom stereocenters. The molecule has 0 aliphatic carbocycles. The maximum atomic E-state index is 10.9. The Hall–Kier alpha value is -2.06. The van der Waals surface area contributed by atoms with Gasteiger partial charge >= 0.3 is 0 Å².